The number of H-pyrrole nitrogens is 1. The monoisotopic (exact) mass is 323 g/mol. The Balaban J connectivity index is 1.68. The van der Waals surface area contributed by atoms with E-state index in [4.69, 9.17) is 4.74 Å². The molecule has 0 bridgehead atoms. The SMILES string of the molecule is COCc1cccc(C(=O)NNC(=O)c2c[nH]c3ccccc23)c1. The van der Waals surface area contributed by atoms with Crippen molar-refractivity contribution in [2.45, 2.75) is 6.61 Å². The largest absolute Gasteiger partial charge is 0.380 e. The van der Waals surface area contributed by atoms with Crippen LogP contribution in [0.5, 0.6) is 0 Å². The van der Waals surface area contributed by atoms with Crippen molar-refractivity contribution in [1.82, 2.24) is 15.8 Å². The van der Waals surface area contributed by atoms with Crippen LogP contribution in [0.3, 0.4) is 0 Å². The smallest absolute Gasteiger partial charge is 0.271 e. The van der Waals surface area contributed by atoms with E-state index in [0.717, 1.165) is 16.5 Å². The summed E-state index contributed by atoms with van der Waals surface area (Å²) in [6.07, 6.45) is 1.62. The first-order chi connectivity index (χ1) is 11.7. The molecule has 3 rings (SSSR count). The molecule has 0 atom stereocenters. The average molecular weight is 323 g/mol. The van der Waals surface area contributed by atoms with E-state index in [-0.39, 0.29) is 11.8 Å². The minimum atomic E-state index is -0.388. The number of amides is 2. The number of nitrogens with one attached hydrogen (secondary N) is 3. The summed E-state index contributed by atoms with van der Waals surface area (Å²) in [5, 5.41) is 0.798. The summed E-state index contributed by atoms with van der Waals surface area (Å²) in [7, 11) is 1.59. The Morgan fingerprint density at radius 3 is 2.67 bits per heavy atom. The molecular formula is C18H17N3O3. The van der Waals surface area contributed by atoms with Crippen molar-refractivity contribution in [3.8, 4) is 0 Å². The van der Waals surface area contributed by atoms with Gasteiger partial charge in [0.05, 0.1) is 12.2 Å². The number of ether oxygens (including phenoxy) is 1. The third kappa shape index (κ3) is 3.28. The van der Waals surface area contributed by atoms with Gasteiger partial charge in [0.2, 0.25) is 0 Å². The van der Waals surface area contributed by atoms with Crippen molar-refractivity contribution < 1.29 is 14.3 Å². The van der Waals surface area contributed by atoms with Crippen LogP contribution in [0, 0.1) is 0 Å². The molecule has 0 aliphatic carbocycles. The standard InChI is InChI=1S/C18H17N3O3/c1-24-11-12-5-4-6-13(9-12)17(22)20-21-18(23)15-10-19-16-8-3-2-7-14(15)16/h2-10,19H,11H2,1H3,(H,20,22)(H,21,23). The van der Waals surface area contributed by atoms with Crippen LogP contribution >= 0.6 is 0 Å². The van der Waals surface area contributed by atoms with Gasteiger partial charge in [-0.3, -0.25) is 20.4 Å². The average Bonchev–Trinajstić information content (AvgIpc) is 3.04. The minimum Gasteiger partial charge on any atom is -0.380 e. The lowest BCUT2D eigenvalue weighted by Crippen LogP contribution is -2.41. The zero-order valence-corrected chi connectivity index (χ0v) is 13.1. The quantitative estimate of drug-likeness (QED) is 0.645. The summed E-state index contributed by atoms with van der Waals surface area (Å²) in [6.45, 7) is 0.419. The molecule has 3 N–H and O–H groups in total. The van der Waals surface area contributed by atoms with Crippen molar-refractivity contribution in [2.75, 3.05) is 7.11 Å². The number of fused-ring (bicyclic) bond motifs is 1. The lowest BCUT2D eigenvalue weighted by atomic mass is 10.1. The number of hydrazine groups is 1. The fourth-order valence-corrected chi connectivity index (χ4v) is 2.48. The van der Waals surface area contributed by atoms with Crippen LogP contribution in [0.4, 0.5) is 0 Å². The summed E-state index contributed by atoms with van der Waals surface area (Å²) < 4.78 is 5.05. The van der Waals surface area contributed by atoms with Crippen LogP contribution in [0.25, 0.3) is 10.9 Å². The van der Waals surface area contributed by atoms with Crippen LogP contribution in [-0.4, -0.2) is 23.9 Å². The predicted molar refractivity (Wildman–Crippen MR) is 90.4 cm³/mol. The van der Waals surface area contributed by atoms with Gasteiger partial charge >= 0.3 is 0 Å². The lowest BCUT2D eigenvalue weighted by Gasteiger charge is -2.08. The van der Waals surface area contributed by atoms with E-state index >= 15 is 0 Å². The van der Waals surface area contributed by atoms with Crippen molar-refractivity contribution in [1.29, 1.82) is 0 Å². The number of rotatable bonds is 4. The molecule has 2 amide bonds. The van der Waals surface area contributed by atoms with Gasteiger partial charge in [0.1, 0.15) is 0 Å². The molecule has 0 saturated heterocycles. The molecule has 0 unspecified atom stereocenters. The van der Waals surface area contributed by atoms with Crippen LogP contribution in [0.2, 0.25) is 0 Å². The number of hydrogen-bond donors (Lipinski definition) is 3. The normalized spacial score (nSPS) is 10.5. The molecule has 1 aromatic heterocycles. The highest BCUT2D eigenvalue weighted by atomic mass is 16.5. The highest BCUT2D eigenvalue weighted by molar-refractivity contribution is 6.07. The van der Waals surface area contributed by atoms with E-state index in [2.05, 4.69) is 15.8 Å². The highest BCUT2D eigenvalue weighted by Gasteiger charge is 2.13. The van der Waals surface area contributed by atoms with Gasteiger partial charge in [0.15, 0.2) is 0 Å². The summed E-state index contributed by atoms with van der Waals surface area (Å²) >= 11 is 0. The number of aromatic nitrogens is 1. The van der Waals surface area contributed by atoms with E-state index in [0.29, 0.717) is 17.7 Å². The molecule has 0 radical (unpaired) electrons. The fourth-order valence-electron chi connectivity index (χ4n) is 2.48. The second kappa shape index (κ2) is 6.97. The lowest BCUT2D eigenvalue weighted by molar-refractivity contribution is 0.0847. The molecule has 0 saturated carbocycles. The predicted octanol–water partition coefficient (Wildman–Crippen LogP) is 2.39. The number of para-hydroxylation sites is 1. The minimum absolute atomic E-state index is 0.381. The van der Waals surface area contributed by atoms with Gasteiger partial charge in [0, 0.05) is 29.8 Å². The summed E-state index contributed by atoms with van der Waals surface area (Å²) in [5.41, 5.74) is 7.53. The van der Waals surface area contributed by atoms with Crippen molar-refractivity contribution in [2.24, 2.45) is 0 Å². The number of carbonyl (C=O) groups excluding carboxylic acids is 2. The Morgan fingerprint density at radius 1 is 1.04 bits per heavy atom. The summed E-state index contributed by atoms with van der Waals surface area (Å²) in [6, 6.07) is 14.5. The number of hydrogen-bond acceptors (Lipinski definition) is 3. The van der Waals surface area contributed by atoms with E-state index in [1.807, 2.05) is 30.3 Å². The van der Waals surface area contributed by atoms with Gasteiger partial charge < -0.3 is 9.72 Å². The molecule has 122 valence electrons. The number of methoxy groups -OCH3 is 1. The maximum Gasteiger partial charge on any atom is 0.271 e. The van der Waals surface area contributed by atoms with E-state index in [1.165, 1.54) is 0 Å². The fraction of sp³-hybridized carbons (Fsp3) is 0.111. The molecule has 0 aliphatic rings. The Labute approximate surface area is 138 Å². The molecule has 0 aliphatic heterocycles. The van der Waals surface area contributed by atoms with E-state index in [1.54, 1.807) is 31.5 Å². The number of aromatic amines is 1. The van der Waals surface area contributed by atoms with Gasteiger partial charge in [-0.1, -0.05) is 30.3 Å². The Morgan fingerprint density at radius 2 is 1.83 bits per heavy atom. The highest BCUT2D eigenvalue weighted by Crippen LogP contribution is 2.17. The second-order valence-corrected chi connectivity index (χ2v) is 5.29. The first-order valence-corrected chi connectivity index (χ1v) is 7.43. The van der Waals surface area contributed by atoms with Crippen LogP contribution in [0.1, 0.15) is 26.3 Å². The van der Waals surface area contributed by atoms with Gasteiger partial charge in [-0.2, -0.15) is 0 Å². The molecular weight excluding hydrogens is 306 g/mol. The second-order valence-electron chi connectivity index (χ2n) is 5.29. The van der Waals surface area contributed by atoms with Crippen molar-refractivity contribution >= 4 is 22.7 Å². The third-order valence-corrected chi connectivity index (χ3v) is 3.62. The first-order valence-electron chi connectivity index (χ1n) is 7.43. The van der Waals surface area contributed by atoms with Crippen LogP contribution < -0.4 is 10.9 Å². The maximum atomic E-state index is 12.3. The Bertz CT molecular complexity index is 886. The maximum absolute atomic E-state index is 12.3. The van der Waals surface area contributed by atoms with Crippen molar-refractivity contribution in [3.63, 3.8) is 0 Å². The van der Waals surface area contributed by atoms with Gasteiger partial charge in [-0.25, -0.2) is 0 Å². The topological polar surface area (TPSA) is 83.2 Å². The molecule has 6 heteroatoms. The molecule has 0 fully saturated rings. The van der Waals surface area contributed by atoms with Crippen LogP contribution in [-0.2, 0) is 11.3 Å². The zero-order valence-electron chi connectivity index (χ0n) is 13.1. The molecule has 6 nitrogen and oxygen atoms in total. The van der Waals surface area contributed by atoms with Gasteiger partial charge in [-0.15, -0.1) is 0 Å². The number of carbonyl (C=O) groups is 2. The van der Waals surface area contributed by atoms with E-state index < -0.39 is 0 Å². The Kier molecular flexibility index (Phi) is 4.58. The molecule has 3 aromatic rings. The zero-order chi connectivity index (χ0) is 16.9. The van der Waals surface area contributed by atoms with Gasteiger partial charge in [0.25, 0.3) is 11.8 Å². The molecule has 0 spiro atoms. The first kappa shape index (κ1) is 15.8. The summed E-state index contributed by atoms with van der Waals surface area (Å²) in [4.78, 5) is 27.4. The molecule has 1 heterocycles. The van der Waals surface area contributed by atoms with Gasteiger partial charge in [-0.05, 0) is 23.8 Å². The molecule has 24 heavy (non-hydrogen) atoms. The molecule has 2 aromatic carbocycles. The van der Waals surface area contributed by atoms with E-state index in [9.17, 15) is 9.59 Å². The Hall–Kier alpha value is -3.12. The summed E-state index contributed by atoms with van der Waals surface area (Å²) in [5.74, 6) is -0.769. The van der Waals surface area contributed by atoms with Crippen molar-refractivity contribution in [3.05, 3.63) is 71.4 Å². The third-order valence-electron chi connectivity index (χ3n) is 3.62. The number of benzene rings is 2. The van der Waals surface area contributed by atoms with Crippen LogP contribution in [0.15, 0.2) is 54.7 Å².